The molecule has 3 aliphatic heterocycles. The molecule has 0 bridgehead atoms. The smallest absolute Gasteiger partial charge is 0.249 e. The molecule has 0 saturated carbocycles. The fourth-order valence-electron chi connectivity index (χ4n) is 13.4. The molecule has 1 unspecified atom stereocenters. The summed E-state index contributed by atoms with van der Waals surface area (Å²) < 4.78 is 91.5. The van der Waals surface area contributed by atoms with E-state index >= 15 is 0 Å². The van der Waals surface area contributed by atoms with E-state index in [2.05, 4.69) is 110 Å². The average molecular weight is 1030 g/mol. The van der Waals surface area contributed by atoms with Gasteiger partial charge < -0.3 is 14.5 Å². The van der Waals surface area contributed by atoms with Gasteiger partial charge in [0.05, 0.1) is 11.0 Å². The predicted octanol–water partition coefficient (Wildman–Crippen LogP) is 14.0. The fourth-order valence-corrected chi connectivity index (χ4v) is 19.5. The molecule has 0 spiro atoms. The van der Waals surface area contributed by atoms with Crippen molar-refractivity contribution >= 4 is 107 Å². The monoisotopic (exact) mass is 1030 g/mol. The number of nitrogens with zero attached hydrogens (tertiary/aromatic N) is 2. The van der Waals surface area contributed by atoms with E-state index in [1.54, 1.807) is 11.3 Å². The number of hydrogen-bond acceptors (Lipinski definition) is 4. The molecule has 1 aromatic heterocycles. The molecule has 0 N–H and O–H groups in total. The summed E-state index contributed by atoms with van der Waals surface area (Å²) in [5, 5.41) is 3.87. The van der Waals surface area contributed by atoms with Gasteiger partial charge in [-0.15, -0.1) is 11.3 Å². The summed E-state index contributed by atoms with van der Waals surface area (Å²) in [6.07, 6.45) is 1.83. The second-order valence-corrected chi connectivity index (χ2v) is 27.0. The molecular formula is C71H57BN2OSSi. The van der Waals surface area contributed by atoms with Crippen molar-refractivity contribution in [1.29, 1.82) is 0 Å². The van der Waals surface area contributed by atoms with E-state index in [4.69, 9.17) is 4.74 Å². The van der Waals surface area contributed by atoms with Crippen LogP contribution in [-0.4, -0.2) is 14.8 Å². The second kappa shape index (κ2) is 17.4. The van der Waals surface area contributed by atoms with Crippen LogP contribution in [0.2, 0.25) is 0 Å². The molecule has 3 nitrogen and oxygen atoms in total. The van der Waals surface area contributed by atoms with Crippen LogP contribution in [0.5, 0.6) is 11.5 Å². The number of fused-ring (bicyclic) bond motifs is 10. The lowest BCUT2D eigenvalue weighted by molar-refractivity contribution is 0.341. The van der Waals surface area contributed by atoms with E-state index in [-0.39, 0.29) is 76.2 Å². The van der Waals surface area contributed by atoms with E-state index in [1.165, 1.54) is 4.88 Å². The third-order valence-corrected chi connectivity index (χ3v) is 23.2. The Morgan fingerprint density at radius 3 is 1.74 bits per heavy atom. The number of thiophene rings is 1. The molecule has 77 heavy (non-hydrogen) atoms. The van der Waals surface area contributed by atoms with Crippen LogP contribution >= 0.6 is 11.3 Å². The van der Waals surface area contributed by atoms with E-state index < -0.39 is 20.7 Å². The van der Waals surface area contributed by atoms with Crippen molar-refractivity contribution in [2.75, 3.05) is 9.80 Å². The maximum absolute atomic E-state index is 10.9. The first kappa shape index (κ1) is 38.4. The van der Waals surface area contributed by atoms with Gasteiger partial charge in [-0.2, -0.15) is 0 Å². The molecule has 15 rings (SSSR count). The summed E-state index contributed by atoms with van der Waals surface area (Å²) in [6.45, 7) is 8.22. The first-order valence-electron chi connectivity index (χ1n) is 30.7. The van der Waals surface area contributed by atoms with Crippen molar-refractivity contribution in [3.8, 4) is 11.5 Å². The van der Waals surface area contributed by atoms with Crippen LogP contribution in [0.3, 0.4) is 0 Å². The molecule has 1 aliphatic carbocycles. The van der Waals surface area contributed by atoms with Gasteiger partial charge in [-0.3, -0.25) is 0 Å². The SMILES string of the molecule is [2H]c1c([2H])c2c3c(c1[2H])B1c4c(cc(N(c5ccccc5)c5ccccc5)cc4N(c4ccccc4)c4c([2H])c([2H])c5c6c(sc5c41)C(C)(C)CCC6(C)C)C3c1c([2H])c([2H])c([Si](c3ccccc3)(c3ccccc3)c3ccccc3)c([2H])c1O2. The molecule has 11 aromatic rings. The molecule has 0 amide bonds. The Morgan fingerprint density at radius 1 is 0.558 bits per heavy atom. The topological polar surface area (TPSA) is 15.7 Å². The van der Waals surface area contributed by atoms with E-state index in [0.29, 0.717) is 27.6 Å². The minimum atomic E-state index is -3.70. The number of hydrogen-bond donors (Lipinski definition) is 0. The number of ether oxygens (including phenoxy) is 1. The van der Waals surface area contributed by atoms with Crippen molar-refractivity contribution in [3.63, 3.8) is 0 Å². The fraction of sp³-hybridized carbons (Fsp3) is 0.127. The number of para-hydroxylation sites is 3. The van der Waals surface area contributed by atoms with Gasteiger partial charge in [-0.25, -0.2) is 0 Å². The Hall–Kier alpha value is -8.16. The highest BCUT2D eigenvalue weighted by Gasteiger charge is 2.50. The summed E-state index contributed by atoms with van der Waals surface area (Å²) in [6, 6.07) is 63.8. The molecule has 370 valence electrons. The normalized spacial score (nSPS) is 17.5. The molecule has 0 radical (unpaired) electrons. The van der Waals surface area contributed by atoms with Gasteiger partial charge in [0.15, 0.2) is 8.07 Å². The van der Waals surface area contributed by atoms with Crippen LogP contribution in [0.4, 0.5) is 34.1 Å². The summed E-state index contributed by atoms with van der Waals surface area (Å²) >= 11 is 1.69. The molecule has 0 saturated heterocycles. The molecule has 6 heteroatoms. The van der Waals surface area contributed by atoms with E-state index in [1.807, 2.05) is 121 Å². The first-order valence-corrected chi connectivity index (χ1v) is 29.5. The number of benzene rings is 10. The van der Waals surface area contributed by atoms with Crippen LogP contribution in [0, 0.1) is 0 Å². The highest BCUT2D eigenvalue weighted by Crippen LogP contribution is 2.56. The second-order valence-electron chi connectivity index (χ2n) is 22.3. The maximum atomic E-state index is 10.9. The van der Waals surface area contributed by atoms with Gasteiger partial charge in [0.2, 0.25) is 6.71 Å². The quantitative estimate of drug-likeness (QED) is 0.111. The van der Waals surface area contributed by atoms with Gasteiger partial charge in [-0.05, 0) is 139 Å². The summed E-state index contributed by atoms with van der Waals surface area (Å²) in [7, 11) is -3.70. The van der Waals surface area contributed by atoms with Crippen LogP contribution in [0.25, 0.3) is 10.1 Å². The number of rotatable bonds is 8. The highest BCUT2D eigenvalue weighted by atomic mass is 32.1. The Morgan fingerprint density at radius 2 is 1.13 bits per heavy atom. The molecule has 4 heterocycles. The van der Waals surface area contributed by atoms with Crippen molar-refractivity contribution < 1.29 is 15.7 Å². The zero-order chi connectivity index (χ0) is 58.6. The third-order valence-electron chi connectivity index (χ3n) is 17.0. The van der Waals surface area contributed by atoms with Crippen molar-refractivity contribution in [1.82, 2.24) is 0 Å². The van der Waals surface area contributed by atoms with E-state index in [0.717, 1.165) is 83.3 Å². The van der Waals surface area contributed by atoms with Gasteiger partial charge in [-0.1, -0.05) is 209 Å². The standard InChI is InChI=1S/C71H57BN2OSSi/c1-70(2)42-43-71(3,4)69-65(70)56-40-41-59-67(68(56)76-69)72-58-36-23-37-61-64(58)63(55-39-38-54(46-62(55)75-61)77(51-30-17-8-18-31-51,52-32-19-9-20-33-52)53-34-21-10-22-35-53)57-44-50(45-60(66(57)72)74(59)49-28-15-7-16-29-49)73(47-24-11-5-12-25-47)48-26-13-6-14-27-48/h5-41,44-46,63H,42-43H2,1-4H3/i23D,36D,37D,38D,39D,40D,41D,46D. The Balaban J connectivity index is 1.13. The Bertz CT molecular complexity index is 4440. The lowest BCUT2D eigenvalue weighted by atomic mass is 9.31. The predicted molar refractivity (Wildman–Crippen MR) is 329 cm³/mol. The minimum Gasteiger partial charge on any atom is -0.457 e. The largest absolute Gasteiger partial charge is 0.457 e. The van der Waals surface area contributed by atoms with E-state index in [9.17, 15) is 11.0 Å². The van der Waals surface area contributed by atoms with Crippen LogP contribution in [0.15, 0.2) is 242 Å². The highest BCUT2D eigenvalue weighted by molar-refractivity contribution is 7.22. The van der Waals surface area contributed by atoms with Crippen molar-refractivity contribution in [3.05, 3.63) is 270 Å². The van der Waals surface area contributed by atoms with Crippen LogP contribution in [-0.2, 0) is 10.8 Å². The first-order chi connectivity index (χ1) is 41.1. The van der Waals surface area contributed by atoms with Crippen LogP contribution in [0.1, 0.15) is 84.6 Å². The van der Waals surface area contributed by atoms with Crippen molar-refractivity contribution in [2.24, 2.45) is 0 Å². The summed E-state index contributed by atoms with van der Waals surface area (Å²) in [5.41, 5.74) is 8.35. The summed E-state index contributed by atoms with van der Waals surface area (Å²) in [5.74, 6) is -0.908. The van der Waals surface area contributed by atoms with Gasteiger partial charge in [0.1, 0.15) is 11.5 Å². The van der Waals surface area contributed by atoms with Crippen molar-refractivity contribution in [2.45, 2.75) is 57.3 Å². The minimum absolute atomic E-state index is 0.0382. The molecule has 10 aromatic carbocycles. The summed E-state index contributed by atoms with van der Waals surface area (Å²) in [4.78, 5) is 5.50. The number of anilines is 6. The lowest BCUT2D eigenvalue weighted by Gasteiger charge is -2.45. The molecule has 4 aliphatic rings. The van der Waals surface area contributed by atoms with Gasteiger partial charge in [0, 0.05) is 60.7 Å². The zero-order valence-electron chi connectivity index (χ0n) is 51.3. The maximum Gasteiger partial charge on any atom is 0.249 e. The molecule has 0 fully saturated rings. The van der Waals surface area contributed by atoms with Crippen LogP contribution < -0.4 is 51.7 Å². The molecular weight excluding hydrogens is 968 g/mol. The molecule has 1 atom stereocenters. The Kier molecular flexibility index (Phi) is 8.70. The average Bonchev–Trinajstić information content (AvgIpc) is 1.53. The third kappa shape index (κ3) is 6.87. The lowest BCUT2D eigenvalue weighted by Crippen LogP contribution is -2.74. The zero-order valence-corrected chi connectivity index (χ0v) is 45.1. The van der Waals surface area contributed by atoms with Gasteiger partial charge >= 0.3 is 0 Å². The Labute approximate surface area is 469 Å². The van der Waals surface area contributed by atoms with Gasteiger partial charge in [0.25, 0.3) is 0 Å².